The summed E-state index contributed by atoms with van der Waals surface area (Å²) < 4.78 is 1.75. The third kappa shape index (κ3) is 2.57. The first-order chi connectivity index (χ1) is 8.33. The number of aryl methyl sites for hydroxylation is 1. The standard InChI is InChI=1S/C10H14N6O/c11-14-12-4-1-6-15-7-2-8-16-9(10(15)17)3-5-13-16/h3,5H,1-2,4,6-8H2. The van der Waals surface area contributed by atoms with Crippen molar-refractivity contribution in [3.63, 3.8) is 0 Å². The minimum absolute atomic E-state index is 0.0148. The van der Waals surface area contributed by atoms with Gasteiger partial charge in [0.2, 0.25) is 0 Å². The Balaban J connectivity index is 1.99. The number of hydrogen-bond donors (Lipinski definition) is 0. The number of fused-ring (bicyclic) bond motifs is 1. The van der Waals surface area contributed by atoms with E-state index in [1.54, 1.807) is 21.8 Å². The van der Waals surface area contributed by atoms with Gasteiger partial charge < -0.3 is 4.90 Å². The lowest BCUT2D eigenvalue weighted by molar-refractivity contribution is 0.0756. The van der Waals surface area contributed by atoms with E-state index in [-0.39, 0.29) is 5.91 Å². The van der Waals surface area contributed by atoms with Gasteiger partial charge in [-0.1, -0.05) is 5.11 Å². The molecule has 0 fully saturated rings. The molecule has 0 aromatic carbocycles. The molecule has 0 spiro atoms. The van der Waals surface area contributed by atoms with E-state index in [0.717, 1.165) is 19.5 Å². The number of nitrogens with zero attached hydrogens (tertiary/aromatic N) is 6. The zero-order valence-corrected chi connectivity index (χ0v) is 9.49. The molecule has 1 aromatic heterocycles. The van der Waals surface area contributed by atoms with Gasteiger partial charge in [0.1, 0.15) is 5.69 Å². The molecule has 17 heavy (non-hydrogen) atoms. The molecule has 0 aliphatic carbocycles. The van der Waals surface area contributed by atoms with Crippen molar-refractivity contribution < 1.29 is 4.79 Å². The third-order valence-corrected chi connectivity index (χ3v) is 2.77. The summed E-state index contributed by atoms with van der Waals surface area (Å²) in [6.07, 6.45) is 3.25. The largest absolute Gasteiger partial charge is 0.337 e. The average Bonchev–Trinajstić information content (AvgIpc) is 2.74. The highest BCUT2D eigenvalue weighted by atomic mass is 16.2. The first-order valence-corrected chi connectivity index (χ1v) is 5.65. The van der Waals surface area contributed by atoms with Crippen molar-refractivity contribution >= 4 is 5.91 Å². The zero-order valence-electron chi connectivity index (χ0n) is 9.49. The van der Waals surface area contributed by atoms with Crippen molar-refractivity contribution in [1.29, 1.82) is 0 Å². The van der Waals surface area contributed by atoms with Crippen molar-refractivity contribution in [2.24, 2.45) is 5.11 Å². The van der Waals surface area contributed by atoms with Crippen LogP contribution in [0.25, 0.3) is 10.4 Å². The topological polar surface area (TPSA) is 86.9 Å². The first-order valence-electron chi connectivity index (χ1n) is 5.65. The first kappa shape index (κ1) is 11.5. The predicted octanol–water partition coefficient (Wildman–Crippen LogP) is 1.43. The predicted molar refractivity (Wildman–Crippen MR) is 61.4 cm³/mol. The Morgan fingerprint density at radius 1 is 1.53 bits per heavy atom. The molecule has 0 bridgehead atoms. The summed E-state index contributed by atoms with van der Waals surface area (Å²) in [5.74, 6) is 0.0148. The van der Waals surface area contributed by atoms with Crippen molar-refractivity contribution in [3.8, 4) is 0 Å². The Labute approximate surface area is 98.6 Å². The minimum Gasteiger partial charge on any atom is -0.337 e. The van der Waals surface area contributed by atoms with Gasteiger partial charge in [0, 0.05) is 37.3 Å². The molecule has 7 heteroatoms. The molecule has 1 amide bonds. The van der Waals surface area contributed by atoms with E-state index >= 15 is 0 Å². The Hall–Kier alpha value is -2.01. The second-order valence-corrected chi connectivity index (χ2v) is 3.89. The van der Waals surface area contributed by atoms with Crippen LogP contribution in [0.5, 0.6) is 0 Å². The molecule has 0 unspecified atom stereocenters. The van der Waals surface area contributed by atoms with Crippen LogP contribution >= 0.6 is 0 Å². The molecule has 2 rings (SSSR count). The molecule has 0 saturated heterocycles. The van der Waals surface area contributed by atoms with E-state index in [2.05, 4.69) is 15.1 Å². The number of aromatic nitrogens is 2. The molecule has 0 N–H and O–H groups in total. The van der Waals surface area contributed by atoms with Crippen LogP contribution in [0, 0.1) is 0 Å². The van der Waals surface area contributed by atoms with Crippen LogP contribution in [-0.2, 0) is 6.54 Å². The van der Waals surface area contributed by atoms with Gasteiger partial charge in [-0.3, -0.25) is 9.48 Å². The smallest absolute Gasteiger partial charge is 0.272 e. The summed E-state index contributed by atoms with van der Waals surface area (Å²) in [6.45, 7) is 2.57. The molecule has 2 heterocycles. The van der Waals surface area contributed by atoms with Crippen LogP contribution in [0.3, 0.4) is 0 Å². The molecular weight excluding hydrogens is 220 g/mol. The van der Waals surface area contributed by atoms with E-state index in [1.807, 2.05) is 0 Å². The number of hydrogen-bond acceptors (Lipinski definition) is 3. The quantitative estimate of drug-likeness (QED) is 0.341. The van der Waals surface area contributed by atoms with Gasteiger partial charge in [-0.25, -0.2) is 0 Å². The normalized spacial score (nSPS) is 15.1. The third-order valence-electron chi connectivity index (χ3n) is 2.77. The average molecular weight is 234 g/mol. The molecule has 1 aromatic rings. The highest BCUT2D eigenvalue weighted by Crippen LogP contribution is 2.11. The molecule has 1 aliphatic heterocycles. The molecular formula is C10H14N6O. The second-order valence-electron chi connectivity index (χ2n) is 3.89. The van der Waals surface area contributed by atoms with Crippen molar-refractivity contribution in [3.05, 3.63) is 28.4 Å². The summed E-state index contributed by atoms with van der Waals surface area (Å²) in [7, 11) is 0. The summed E-state index contributed by atoms with van der Waals surface area (Å²) >= 11 is 0. The monoisotopic (exact) mass is 234 g/mol. The SMILES string of the molecule is [N-]=[N+]=NCCCN1CCCn2nccc2C1=O. The van der Waals surface area contributed by atoms with Gasteiger partial charge in [0.05, 0.1) is 0 Å². The molecule has 0 atom stereocenters. The molecule has 1 aliphatic rings. The fraction of sp³-hybridized carbons (Fsp3) is 0.600. The number of carbonyl (C=O) groups is 1. The number of rotatable bonds is 4. The van der Waals surface area contributed by atoms with Gasteiger partial charge >= 0.3 is 0 Å². The molecule has 90 valence electrons. The van der Waals surface area contributed by atoms with Crippen LogP contribution < -0.4 is 0 Å². The van der Waals surface area contributed by atoms with Crippen molar-refractivity contribution in [2.45, 2.75) is 19.4 Å². The van der Waals surface area contributed by atoms with Crippen LogP contribution in [0.2, 0.25) is 0 Å². The number of amides is 1. The van der Waals surface area contributed by atoms with E-state index < -0.39 is 0 Å². The number of azide groups is 1. The fourth-order valence-corrected chi connectivity index (χ4v) is 1.96. The van der Waals surface area contributed by atoms with Crippen LogP contribution in [0.4, 0.5) is 0 Å². The fourth-order valence-electron chi connectivity index (χ4n) is 1.96. The maximum Gasteiger partial charge on any atom is 0.272 e. The Morgan fingerprint density at radius 2 is 2.41 bits per heavy atom. The lowest BCUT2D eigenvalue weighted by Gasteiger charge is -2.19. The highest BCUT2D eigenvalue weighted by Gasteiger charge is 2.22. The van der Waals surface area contributed by atoms with Crippen molar-refractivity contribution in [2.75, 3.05) is 19.6 Å². The van der Waals surface area contributed by atoms with E-state index in [1.165, 1.54) is 0 Å². The Morgan fingerprint density at radius 3 is 3.24 bits per heavy atom. The van der Waals surface area contributed by atoms with Gasteiger partial charge in [-0.05, 0) is 24.4 Å². The Bertz CT molecular complexity index is 447. The second kappa shape index (κ2) is 5.36. The summed E-state index contributed by atoms with van der Waals surface area (Å²) in [6, 6.07) is 1.74. The van der Waals surface area contributed by atoms with Gasteiger partial charge in [-0.2, -0.15) is 5.10 Å². The van der Waals surface area contributed by atoms with Gasteiger partial charge in [0.15, 0.2) is 0 Å². The number of carbonyl (C=O) groups excluding carboxylic acids is 1. The molecule has 7 nitrogen and oxygen atoms in total. The minimum atomic E-state index is 0.0148. The van der Waals surface area contributed by atoms with Gasteiger partial charge in [-0.15, -0.1) is 0 Å². The summed E-state index contributed by atoms with van der Waals surface area (Å²) in [5.41, 5.74) is 8.81. The Kier molecular flexibility index (Phi) is 3.62. The van der Waals surface area contributed by atoms with E-state index in [9.17, 15) is 4.79 Å². The maximum atomic E-state index is 12.1. The van der Waals surface area contributed by atoms with E-state index in [0.29, 0.717) is 25.2 Å². The molecule has 0 radical (unpaired) electrons. The molecule has 0 saturated carbocycles. The summed E-state index contributed by atoms with van der Waals surface area (Å²) in [5, 5.41) is 7.58. The lowest BCUT2D eigenvalue weighted by atomic mass is 10.3. The van der Waals surface area contributed by atoms with Crippen molar-refractivity contribution in [1.82, 2.24) is 14.7 Å². The van der Waals surface area contributed by atoms with Crippen LogP contribution in [0.15, 0.2) is 17.4 Å². The highest BCUT2D eigenvalue weighted by molar-refractivity contribution is 5.92. The summed E-state index contributed by atoms with van der Waals surface area (Å²) in [4.78, 5) is 16.6. The zero-order chi connectivity index (χ0) is 12.1. The van der Waals surface area contributed by atoms with Gasteiger partial charge in [0.25, 0.3) is 5.91 Å². The van der Waals surface area contributed by atoms with Crippen LogP contribution in [-0.4, -0.2) is 40.2 Å². The van der Waals surface area contributed by atoms with Crippen LogP contribution in [0.1, 0.15) is 23.3 Å². The maximum absolute atomic E-state index is 12.1. The van der Waals surface area contributed by atoms with E-state index in [4.69, 9.17) is 5.53 Å². The lowest BCUT2D eigenvalue weighted by Crippen LogP contribution is -2.32.